The maximum absolute atomic E-state index is 11.9. The maximum Gasteiger partial charge on any atom is 0.253 e. The number of nitrogens with one attached hydrogen (secondary N) is 2. The van der Waals surface area contributed by atoms with Gasteiger partial charge in [-0.1, -0.05) is 11.6 Å². The van der Waals surface area contributed by atoms with Gasteiger partial charge in [-0.2, -0.15) is 0 Å². The Bertz CT molecular complexity index is 467. The van der Waals surface area contributed by atoms with Crippen LogP contribution in [0.2, 0.25) is 5.02 Å². The number of hydrogen-bond acceptors (Lipinski definition) is 3. The van der Waals surface area contributed by atoms with E-state index in [9.17, 15) is 4.79 Å². The van der Waals surface area contributed by atoms with Crippen LogP contribution in [0.25, 0.3) is 0 Å². The summed E-state index contributed by atoms with van der Waals surface area (Å²) in [5.74, 6) is -0.0301. The topological polar surface area (TPSA) is 44.4 Å². The van der Waals surface area contributed by atoms with Gasteiger partial charge < -0.3 is 15.5 Å². The van der Waals surface area contributed by atoms with Gasteiger partial charge in [-0.3, -0.25) is 4.79 Å². The van der Waals surface area contributed by atoms with Gasteiger partial charge in [0.05, 0.1) is 10.7 Å². The fraction of sp³-hybridized carbons (Fsp3) is 0.533. The number of carbonyl (C=O) groups is 1. The molecule has 112 valence electrons. The van der Waals surface area contributed by atoms with Crippen LogP contribution in [0.4, 0.5) is 5.69 Å². The molecule has 0 aliphatic heterocycles. The molecule has 1 rings (SSSR count). The van der Waals surface area contributed by atoms with Crippen LogP contribution >= 0.6 is 11.6 Å². The highest BCUT2D eigenvalue weighted by Gasteiger charge is 2.11. The van der Waals surface area contributed by atoms with Gasteiger partial charge in [0.15, 0.2) is 0 Å². The standard InChI is InChI=1S/C15H24ClN3O/c1-15(2,3)18-9-8-17-13-10-11(6-7-12(13)16)14(20)19(4)5/h6-7,10,17-18H,8-9H2,1-5H3. The first-order valence-electron chi connectivity index (χ1n) is 6.71. The Hall–Kier alpha value is -1.26. The first-order valence-corrected chi connectivity index (χ1v) is 7.08. The van der Waals surface area contributed by atoms with E-state index in [-0.39, 0.29) is 11.4 Å². The molecular formula is C15H24ClN3O. The van der Waals surface area contributed by atoms with E-state index in [4.69, 9.17) is 11.6 Å². The second-order valence-corrected chi connectivity index (χ2v) is 6.40. The smallest absolute Gasteiger partial charge is 0.253 e. The molecule has 0 aromatic heterocycles. The Morgan fingerprint density at radius 2 is 1.90 bits per heavy atom. The monoisotopic (exact) mass is 297 g/mol. The van der Waals surface area contributed by atoms with Gasteiger partial charge in [-0.25, -0.2) is 0 Å². The van der Waals surface area contributed by atoms with Crippen LogP contribution in [0.1, 0.15) is 31.1 Å². The number of carbonyl (C=O) groups excluding carboxylic acids is 1. The van der Waals surface area contributed by atoms with E-state index in [0.717, 1.165) is 18.8 Å². The lowest BCUT2D eigenvalue weighted by atomic mass is 10.1. The van der Waals surface area contributed by atoms with E-state index >= 15 is 0 Å². The van der Waals surface area contributed by atoms with Gasteiger partial charge in [-0.15, -0.1) is 0 Å². The number of nitrogens with zero attached hydrogens (tertiary/aromatic N) is 1. The number of halogens is 1. The van der Waals surface area contributed by atoms with Crippen molar-refractivity contribution in [3.63, 3.8) is 0 Å². The molecule has 0 fully saturated rings. The van der Waals surface area contributed by atoms with Crippen LogP contribution in [-0.4, -0.2) is 43.5 Å². The Kier molecular flexibility index (Phi) is 5.84. The highest BCUT2D eigenvalue weighted by molar-refractivity contribution is 6.33. The predicted molar refractivity (Wildman–Crippen MR) is 85.7 cm³/mol. The van der Waals surface area contributed by atoms with Crippen LogP contribution in [0.15, 0.2) is 18.2 Å². The zero-order valence-corrected chi connectivity index (χ0v) is 13.6. The predicted octanol–water partition coefficient (Wildman–Crippen LogP) is 2.84. The molecule has 4 nitrogen and oxygen atoms in total. The summed E-state index contributed by atoms with van der Waals surface area (Å²) in [6.45, 7) is 7.94. The molecule has 0 saturated carbocycles. The van der Waals surface area contributed by atoms with Crippen molar-refractivity contribution in [2.45, 2.75) is 26.3 Å². The van der Waals surface area contributed by atoms with Crippen molar-refractivity contribution < 1.29 is 4.79 Å². The van der Waals surface area contributed by atoms with Crippen LogP contribution in [-0.2, 0) is 0 Å². The lowest BCUT2D eigenvalue weighted by molar-refractivity contribution is 0.0827. The summed E-state index contributed by atoms with van der Waals surface area (Å²) < 4.78 is 0. The van der Waals surface area contributed by atoms with E-state index in [1.807, 2.05) is 0 Å². The molecule has 0 unspecified atom stereocenters. The molecule has 5 heteroatoms. The average molecular weight is 298 g/mol. The third-order valence-corrected chi connectivity index (χ3v) is 3.04. The van der Waals surface area contributed by atoms with Crippen LogP contribution < -0.4 is 10.6 Å². The third-order valence-electron chi connectivity index (χ3n) is 2.72. The Balaban J connectivity index is 2.65. The number of rotatable bonds is 5. The van der Waals surface area contributed by atoms with E-state index in [2.05, 4.69) is 31.4 Å². The summed E-state index contributed by atoms with van der Waals surface area (Å²) in [7, 11) is 3.47. The summed E-state index contributed by atoms with van der Waals surface area (Å²) in [5.41, 5.74) is 1.51. The second kappa shape index (κ2) is 6.95. The quantitative estimate of drug-likeness (QED) is 0.822. The molecule has 2 N–H and O–H groups in total. The minimum atomic E-state index is -0.0301. The zero-order valence-electron chi connectivity index (χ0n) is 12.9. The molecule has 1 aromatic rings. The van der Waals surface area contributed by atoms with Crippen molar-refractivity contribution in [2.24, 2.45) is 0 Å². The van der Waals surface area contributed by atoms with Gasteiger partial charge in [0.2, 0.25) is 0 Å². The SMILES string of the molecule is CN(C)C(=O)c1ccc(Cl)c(NCCNC(C)(C)C)c1. The van der Waals surface area contributed by atoms with Crippen molar-refractivity contribution in [3.05, 3.63) is 28.8 Å². The van der Waals surface area contributed by atoms with Gasteiger partial charge in [0.1, 0.15) is 0 Å². The number of hydrogen-bond donors (Lipinski definition) is 2. The van der Waals surface area contributed by atoms with Crippen LogP contribution in [0.3, 0.4) is 0 Å². The fourth-order valence-electron chi connectivity index (χ4n) is 1.69. The van der Waals surface area contributed by atoms with Crippen LogP contribution in [0.5, 0.6) is 0 Å². The molecule has 0 bridgehead atoms. The largest absolute Gasteiger partial charge is 0.383 e. The molecule has 0 saturated heterocycles. The first-order chi connectivity index (χ1) is 9.20. The lowest BCUT2D eigenvalue weighted by Crippen LogP contribution is -2.38. The first kappa shape index (κ1) is 16.8. The molecule has 0 aliphatic carbocycles. The van der Waals surface area contributed by atoms with Crippen molar-refractivity contribution in [1.29, 1.82) is 0 Å². The Morgan fingerprint density at radius 3 is 2.45 bits per heavy atom. The van der Waals surface area contributed by atoms with Crippen LogP contribution in [0, 0.1) is 0 Å². The Labute approximate surface area is 126 Å². The lowest BCUT2D eigenvalue weighted by Gasteiger charge is -2.21. The Morgan fingerprint density at radius 1 is 1.25 bits per heavy atom. The molecular weight excluding hydrogens is 274 g/mol. The molecule has 0 atom stereocenters. The maximum atomic E-state index is 11.9. The van der Waals surface area contributed by atoms with E-state index in [0.29, 0.717) is 10.6 Å². The molecule has 0 spiro atoms. The van der Waals surface area contributed by atoms with Gasteiger partial charge in [-0.05, 0) is 39.0 Å². The van der Waals surface area contributed by atoms with E-state index in [1.54, 1.807) is 37.2 Å². The summed E-state index contributed by atoms with van der Waals surface area (Å²) in [6.07, 6.45) is 0. The van der Waals surface area contributed by atoms with Crippen molar-refractivity contribution >= 4 is 23.2 Å². The zero-order chi connectivity index (χ0) is 15.3. The minimum absolute atomic E-state index is 0.0301. The van der Waals surface area contributed by atoms with E-state index in [1.165, 1.54) is 0 Å². The summed E-state index contributed by atoms with van der Waals surface area (Å²) >= 11 is 6.14. The van der Waals surface area contributed by atoms with Gasteiger partial charge in [0.25, 0.3) is 5.91 Å². The number of amides is 1. The highest BCUT2D eigenvalue weighted by atomic mass is 35.5. The second-order valence-electron chi connectivity index (χ2n) is 6.00. The van der Waals surface area contributed by atoms with Gasteiger partial charge in [0, 0.05) is 38.3 Å². The molecule has 1 aromatic carbocycles. The molecule has 0 radical (unpaired) electrons. The molecule has 20 heavy (non-hydrogen) atoms. The minimum Gasteiger partial charge on any atom is -0.383 e. The highest BCUT2D eigenvalue weighted by Crippen LogP contribution is 2.23. The van der Waals surface area contributed by atoms with Crippen molar-refractivity contribution in [1.82, 2.24) is 10.2 Å². The average Bonchev–Trinajstić information content (AvgIpc) is 2.34. The molecule has 0 aliphatic rings. The molecule has 0 heterocycles. The number of benzene rings is 1. The van der Waals surface area contributed by atoms with E-state index < -0.39 is 0 Å². The third kappa shape index (κ3) is 5.39. The summed E-state index contributed by atoms with van der Waals surface area (Å²) in [4.78, 5) is 13.5. The van der Waals surface area contributed by atoms with Crippen molar-refractivity contribution in [2.75, 3.05) is 32.5 Å². The van der Waals surface area contributed by atoms with Gasteiger partial charge >= 0.3 is 0 Å². The fourth-order valence-corrected chi connectivity index (χ4v) is 1.87. The molecule has 1 amide bonds. The van der Waals surface area contributed by atoms with Crippen molar-refractivity contribution in [3.8, 4) is 0 Å². The summed E-state index contributed by atoms with van der Waals surface area (Å²) in [6, 6.07) is 5.28. The summed E-state index contributed by atoms with van der Waals surface area (Å²) in [5, 5.41) is 7.26. The number of anilines is 1. The normalized spacial score (nSPS) is 11.3.